The summed E-state index contributed by atoms with van der Waals surface area (Å²) in [5.41, 5.74) is 0. The third kappa shape index (κ3) is 4.90. The summed E-state index contributed by atoms with van der Waals surface area (Å²) in [4.78, 5) is 14.8. The van der Waals surface area contributed by atoms with Gasteiger partial charge in [-0.05, 0) is 12.8 Å². The van der Waals surface area contributed by atoms with E-state index in [1.54, 1.807) is 6.08 Å². The van der Waals surface area contributed by atoms with E-state index in [0.29, 0.717) is 6.42 Å². The first-order valence-corrected chi connectivity index (χ1v) is 6.00. The molecule has 3 N–H and O–H groups in total. The first kappa shape index (κ1) is 16.0. The van der Waals surface area contributed by atoms with Crippen molar-refractivity contribution in [2.75, 3.05) is 0 Å². The Morgan fingerprint density at radius 2 is 2.25 bits per heavy atom. The average molecular weight is 291 g/mol. The molecular weight excluding hydrogens is 275 g/mol. The number of halogens is 3. The minimum Gasteiger partial charge on any atom is -0.335 e. The number of nitrogens with one attached hydrogen (secondary N) is 3. The van der Waals surface area contributed by atoms with Crippen LogP contribution in [0.5, 0.6) is 0 Å². The molecule has 6 nitrogen and oxygen atoms in total. The van der Waals surface area contributed by atoms with Gasteiger partial charge in [0.05, 0.1) is 6.54 Å². The van der Waals surface area contributed by atoms with Gasteiger partial charge in [0.25, 0.3) is 5.82 Å². The number of amides is 2. The molecule has 112 valence electrons. The highest BCUT2D eigenvalue weighted by Crippen LogP contribution is 2.25. The lowest BCUT2D eigenvalue weighted by molar-refractivity contribution is -0.144. The molecule has 0 bridgehead atoms. The van der Waals surface area contributed by atoms with Crippen LogP contribution in [-0.2, 0) is 12.7 Å². The van der Waals surface area contributed by atoms with Crippen LogP contribution in [0.4, 0.5) is 18.0 Å². The number of carbonyl (C=O) groups excluding carboxylic acids is 1. The van der Waals surface area contributed by atoms with Gasteiger partial charge in [-0.1, -0.05) is 13.0 Å². The van der Waals surface area contributed by atoms with Crippen LogP contribution in [0.2, 0.25) is 0 Å². The van der Waals surface area contributed by atoms with E-state index in [9.17, 15) is 18.0 Å². The summed E-state index contributed by atoms with van der Waals surface area (Å²) in [6, 6.07) is -0.545. The number of H-pyrrole nitrogens is 1. The number of urea groups is 1. The first-order valence-electron chi connectivity index (χ1n) is 6.00. The SMILES string of the molecule is C=CC[C@H](CC)NC(=O)NCc1nc(C(F)(F)F)n[nH]1. The topological polar surface area (TPSA) is 82.7 Å². The number of rotatable bonds is 6. The van der Waals surface area contributed by atoms with Crippen molar-refractivity contribution in [3.05, 3.63) is 24.3 Å². The predicted molar refractivity (Wildman–Crippen MR) is 65.6 cm³/mol. The molecule has 0 aliphatic rings. The molecule has 9 heteroatoms. The van der Waals surface area contributed by atoms with E-state index in [0.717, 1.165) is 6.42 Å². The van der Waals surface area contributed by atoms with E-state index in [-0.39, 0.29) is 18.4 Å². The van der Waals surface area contributed by atoms with Crippen LogP contribution >= 0.6 is 0 Å². The lowest BCUT2D eigenvalue weighted by atomic mass is 10.1. The van der Waals surface area contributed by atoms with Crippen molar-refractivity contribution >= 4 is 6.03 Å². The summed E-state index contributed by atoms with van der Waals surface area (Å²) in [6.45, 7) is 5.31. The highest BCUT2D eigenvalue weighted by Gasteiger charge is 2.35. The maximum absolute atomic E-state index is 12.2. The van der Waals surface area contributed by atoms with Gasteiger partial charge >= 0.3 is 12.2 Å². The van der Waals surface area contributed by atoms with Crippen molar-refractivity contribution < 1.29 is 18.0 Å². The molecular formula is C11H16F3N5O. The number of carbonyl (C=O) groups is 1. The van der Waals surface area contributed by atoms with Crippen LogP contribution in [0.15, 0.2) is 12.7 Å². The van der Waals surface area contributed by atoms with Gasteiger partial charge < -0.3 is 10.6 Å². The number of hydrogen-bond acceptors (Lipinski definition) is 3. The Kier molecular flexibility index (Phi) is 5.53. The smallest absolute Gasteiger partial charge is 0.335 e. The first-order chi connectivity index (χ1) is 9.36. The summed E-state index contributed by atoms with van der Waals surface area (Å²) in [5.74, 6) is -1.32. The van der Waals surface area contributed by atoms with Gasteiger partial charge in [0.15, 0.2) is 0 Å². The van der Waals surface area contributed by atoms with Crippen LogP contribution < -0.4 is 10.6 Å². The molecule has 1 rings (SSSR count). The highest BCUT2D eigenvalue weighted by molar-refractivity contribution is 5.74. The van der Waals surface area contributed by atoms with Crippen LogP contribution in [0, 0.1) is 0 Å². The second-order valence-corrected chi connectivity index (χ2v) is 4.06. The van der Waals surface area contributed by atoms with Crippen LogP contribution in [0.1, 0.15) is 31.4 Å². The fourth-order valence-corrected chi connectivity index (χ4v) is 1.43. The lowest BCUT2D eigenvalue weighted by Crippen LogP contribution is -2.41. The van der Waals surface area contributed by atoms with Gasteiger partial charge in [-0.3, -0.25) is 5.10 Å². The Balaban J connectivity index is 2.45. The Morgan fingerprint density at radius 3 is 2.75 bits per heavy atom. The molecule has 0 spiro atoms. The zero-order chi connectivity index (χ0) is 15.2. The van der Waals surface area contributed by atoms with E-state index < -0.39 is 18.0 Å². The molecule has 1 aromatic heterocycles. The molecule has 0 unspecified atom stereocenters. The van der Waals surface area contributed by atoms with Gasteiger partial charge in [0.2, 0.25) is 0 Å². The minimum absolute atomic E-state index is 0.0621. The Hall–Kier alpha value is -2.06. The second kappa shape index (κ2) is 6.92. The molecule has 1 atom stereocenters. The monoisotopic (exact) mass is 291 g/mol. The molecule has 0 aliphatic heterocycles. The Morgan fingerprint density at radius 1 is 1.55 bits per heavy atom. The molecule has 0 saturated heterocycles. The maximum Gasteiger partial charge on any atom is 0.453 e. The molecule has 2 amide bonds. The van der Waals surface area contributed by atoms with Gasteiger partial charge in [0, 0.05) is 6.04 Å². The van der Waals surface area contributed by atoms with Gasteiger partial charge in [0.1, 0.15) is 5.82 Å². The Labute approximate surface area is 113 Å². The van der Waals surface area contributed by atoms with E-state index in [4.69, 9.17) is 0 Å². The molecule has 1 aromatic rings. The molecule has 0 fully saturated rings. The van der Waals surface area contributed by atoms with Crippen molar-refractivity contribution in [1.82, 2.24) is 25.8 Å². The molecule has 0 saturated carbocycles. The highest BCUT2D eigenvalue weighted by atomic mass is 19.4. The summed E-state index contributed by atoms with van der Waals surface area (Å²) in [5, 5.41) is 10.2. The minimum atomic E-state index is -4.60. The third-order valence-electron chi connectivity index (χ3n) is 2.48. The van der Waals surface area contributed by atoms with Crippen molar-refractivity contribution in [1.29, 1.82) is 0 Å². The van der Waals surface area contributed by atoms with Gasteiger partial charge in [-0.15, -0.1) is 11.7 Å². The van der Waals surface area contributed by atoms with Crippen molar-refractivity contribution in [3.63, 3.8) is 0 Å². The fourth-order valence-electron chi connectivity index (χ4n) is 1.43. The van der Waals surface area contributed by atoms with Gasteiger partial charge in [-0.2, -0.15) is 13.2 Å². The molecule has 0 aliphatic carbocycles. The largest absolute Gasteiger partial charge is 0.453 e. The Bertz CT molecular complexity index is 457. The van der Waals surface area contributed by atoms with Crippen molar-refractivity contribution in [2.24, 2.45) is 0 Å². The summed E-state index contributed by atoms with van der Waals surface area (Å²) in [7, 11) is 0. The average Bonchev–Trinajstić information content (AvgIpc) is 2.84. The zero-order valence-electron chi connectivity index (χ0n) is 10.9. The van der Waals surface area contributed by atoms with Gasteiger partial charge in [-0.25, -0.2) is 9.78 Å². The van der Waals surface area contributed by atoms with Crippen LogP contribution in [-0.4, -0.2) is 27.3 Å². The van der Waals surface area contributed by atoms with E-state index in [2.05, 4.69) is 32.4 Å². The second-order valence-electron chi connectivity index (χ2n) is 4.06. The van der Waals surface area contributed by atoms with Crippen LogP contribution in [0.25, 0.3) is 0 Å². The maximum atomic E-state index is 12.2. The summed E-state index contributed by atoms with van der Waals surface area (Å²) in [6.07, 6.45) is -1.58. The van der Waals surface area contributed by atoms with Crippen LogP contribution in [0.3, 0.4) is 0 Å². The standard InChI is InChI=1S/C11H16F3N5O/c1-3-5-7(4-2)16-10(20)15-6-8-17-9(19-18-8)11(12,13)14/h3,7H,1,4-6H2,2H3,(H2,15,16,20)(H,17,18,19)/t7-/m0/s1. The molecule has 0 radical (unpaired) electrons. The molecule has 0 aromatic carbocycles. The van der Waals surface area contributed by atoms with Crippen molar-refractivity contribution in [2.45, 2.75) is 38.5 Å². The van der Waals surface area contributed by atoms with E-state index >= 15 is 0 Å². The number of alkyl halides is 3. The summed E-state index contributed by atoms with van der Waals surface area (Å²) < 4.78 is 36.7. The number of nitrogens with zero attached hydrogens (tertiary/aromatic N) is 2. The quantitative estimate of drug-likeness (QED) is 0.701. The fraction of sp³-hybridized carbons (Fsp3) is 0.545. The normalized spacial score (nSPS) is 12.8. The molecule has 20 heavy (non-hydrogen) atoms. The zero-order valence-corrected chi connectivity index (χ0v) is 10.9. The number of aromatic amines is 1. The van der Waals surface area contributed by atoms with Crippen molar-refractivity contribution in [3.8, 4) is 0 Å². The predicted octanol–water partition coefficient (Wildman–Crippen LogP) is 1.98. The van der Waals surface area contributed by atoms with E-state index in [1.165, 1.54) is 0 Å². The lowest BCUT2D eigenvalue weighted by Gasteiger charge is -2.15. The number of aromatic nitrogens is 3. The van der Waals surface area contributed by atoms with E-state index in [1.807, 2.05) is 6.92 Å². The third-order valence-corrected chi connectivity index (χ3v) is 2.48. The summed E-state index contributed by atoms with van der Waals surface area (Å²) >= 11 is 0. The molecule has 1 heterocycles. The number of hydrogen-bond donors (Lipinski definition) is 3.